The molecule has 0 unspecified atom stereocenters. The molecular formula is C21H29ClN4O. The van der Waals surface area contributed by atoms with Crippen LogP contribution in [0.15, 0.2) is 18.5 Å². The summed E-state index contributed by atoms with van der Waals surface area (Å²) in [5.41, 5.74) is 9.10. The lowest BCUT2D eigenvalue weighted by atomic mass is 9.89. The van der Waals surface area contributed by atoms with Crippen molar-refractivity contribution in [3.8, 4) is 0 Å². The van der Waals surface area contributed by atoms with E-state index in [2.05, 4.69) is 21.0 Å². The average Bonchev–Trinajstić information content (AvgIpc) is 3.08. The molecule has 0 spiro atoms. The van der Waals surface area contributed by atoms with E-state index in [1.54, 1.807) is 12.6 Å². The Hall–Kier alpha value is -1.88. The fraction of sp³-hybridized carbons (Fsp3) is 0.571. The number of primary amides is 1. The van der Waals surface area contributed by atoms with Gasteiger partial charge in [-0.3, -0.25) is 14.5 Å². The van der Waals surface area contributed by atoms with E-state index in [0.29, 0.717) is 16.3 Å². The molecule has 2 aromatic heterocycles. The Morgan fingerprint density at radius 1 is 1.19 bits per heavy atom. The summed E-state index contributed by atoms with van der Waals surface area (Å²) in [7, 11) is 0. The van der Waals surface area contributed by atoms with Gasteiger partial charge in [0.25, 0.3) is 5.91 Å². The lowest BCUT2D eigenvalue weighted by molar-refractivity contribution is 0.0999. The Balaban J connectivity index is 0.000000168. The minimum atomic E-state index is -0.502. The maximum atomic E-state index is 10.7. The third kappa shape index (κ3) is 5.32. The van der Waals surface area contributed by atoms with E-state index >= 15 is 0 Å². The summed E-state index contributed by atoms with van der Waals surface area (Å²) >= 11 is 5.59. The second-order valence-corrected chi connectivity index (χ2v) is 8.10. The number of carbonyl (C=O) groups is 1. The van der Waals surface area contributed by atoms with Crippen LogP contribution in [0.25, 0.3) is 0 Å². The molecular weight excluding hydrogens is 360 g/mol. The van der Waals surface area contributed by atoms with Crippen molar-refractivity contribution in [2.45, 2.75) is 71.3 Å². The number of amides is 1. The standard InChI is InChI=1S/C14H22N2.C7H7ClN2O/c1-2-6-12(7-3-1)11-16-14-9-5-4-8-13(14)10-15-16;1-4-6(7(9)11)2-5(8)3-10-4/h10,12H,1-9,11H2;2-3H,1H3,(H2,9,11). The predicted molar refractivity (Wildman–Crippen MR) is 108 cm³/mol. The summed E-state index contributed by atoms with van der Waals surface area (Å²) in [4.78, 5) is 14.6. The number of aromatic nitrogens is 3. The van der Waals surface area contributed by atoms with Gasteiger partial charge in [0.15, 0.2) is 0 Å². The van der Waals surface area contributed by atoms with Crippen molar-refractivity contribution in [3.63, 3.8) is 0 Å². The third-order valence-electron chi connectivity index (χ3n) is 5.62. The summed E-state index contributed by atoms with van der Waals surface area (Å²) in [6.07, 6.45) is 16.0. The van der Waals surface area contributed by atoms with Crippen molar-refractivity contribution in [1.29, 1.82) is 0 Å². The van der Waals surface area contributed by atoms with Crippen LogP contribution in [0, 0.1) is 12.8 Å². The predicted octanol–water partition coefficient (Wildman–Crippen LogP) is 4.48. The lowest BCUT2D eigenvalue weighted by Gasteiger charge is -2.23. The summed E-state index contributed by atoms with van der Waals surface area (Å²) in [5.74, 6) is 0.400. The summed E-state index contributed by atoms with van der Waals surface area (Å²) in [6, 6.07) is 1.51. The van der Waals surface area contributed by atoms with Crippen molar-refractivity contribution in [3.05, 3.63) is 46.0 Å². The van der Waals surface area contributed by atoms with Crippen LogP contribution in [-0.4, -0.2) is 20.7 Å². The molecule has 0 bridgehead atoms. The van der Waals surface area contributed by atoms with Gasteiger partial charge in [0.05, 0.1) is 22.5 Å². The van der Waals surface area contributed by atoms with Gasteiger partial charge in [-0.1, -0.05) is 30.9 Å². The molecule has 0 atom stereocenters. The molecule has 0 radical (unpaired) electrons. The molecule has 2 heterocycles. The molecule has 0 saturated heterocycles. The van der Waals surface area contributed by atoms with Crippen LogP contribution in [0.5, 0.6) is 0 Å². The number of nitrogens with zero attached hydrogens (tertiary/aromatic N) is 3. The Morgan fingerprint density at radius 2 is 1.93 bits per heavy atom. The molecule has 2 aromatic rings. The van der Waals surface area contributed by atoms with E-state index < -0.39 is 5.91 Å². The zero-order valence-corrected chi connectivity index (χ0v) is 16.8. The SMILES string of the molecule is Cc1ncc(Cl)cc1C(N)=O.c1nn(CC2CCCCC2)c2c1CCCC2. The fourth-order valence-electron chi connectivity index (χ4n) is 4.08. The van der Waals surface area contributed by atoms with Crippen LogP contribution in [0.1, 0.15) is 72.3 Å². The van der Waals surface area contributed by atoms with Crippen LogP contribution < -0.4 is 5.73 Å². The quantitative estimate of drug-likeness (QED) is 0.841. The number of pyridine rings is 1. The second kappa shape index (κ2) is 9.36. The molecule has 1 fully saturated rings. The van der Waals surface area contributed by atoms with E-state index in [0.717, 1.165) is 5.92 Å². The average molecular weight is 389 g/mol. The number of rotatable bonds is 3. The molecule has 0 aromatic carbocycles. The van der Waals surface area contributed by atoms with E-state index in [1.165, 1.54) is 82.2 Å². The first-order chi connectivity index (χ1) is 13.0. The number of carbonyl (C=O) groups excluding carboxylic acids is 1. The minimum Gasteiger partial charge on any atom is -0.366 e. The molecule has 2 aliphatic rings. The fourth-order valence-corrected chi connectivity index (χ4v) is 4.24. The maximum absolute atomic E-state index is 10.7. The van der Waals surface area contributed by atoms with E-state index in [9.17, 15) is 4.79 Å². The smallest absolute Gasteiger partial charge is 0.250 e. The highest BCUT2D eigenvalue weighted by molar-refractivity contribution is 6.30. The van der Waals surface area contributed by atoms with Gasteiger partial charge in [-0.05, 0) is 63.0 Å². The first-order valence-electron chi connectivity index (χ1n) is 10.00. The Morgan fingerprint density at radius 3 is 2.63 bits per heavy atom. The van der Waals surface area contributed by atoms with Crippen molar-refractivity contribution in [2.75, 3.05) is 0 Å². The number of hydrogen-bond acceptors (Lipinski definition) is 3. The van der Waals surface area contributed by atoms with E-state index in [-0.39, 0.29) is 0 Å². The Labute approximate surface area is 166 Å². The van der Waals surface area contributed by atoms with Gasteiger partial charge >= 0.3 is 0 Å². The van der Waals surface area contributed by atoms with Crippen LogP contribution >= 0.6 is 11.6 Å². The Kier molecular flexibility index (Phi) is 6.89. The highest BCUT2D eigenvalue weighted by Crippen LogP contribution is 2.27. The van der Waals surface area contributed by atoms with Crippen molar-refractivity contribution in [2.24, 2.45) is 11.7 Å². The summed E-state index contributed by atoms with van der Waals surface area (Å²) in [5, 5.41) is 5.03. The third-order valence-corrected chi connectivity index (χ3v) is 5.83. The van der Waals surface area contributed by atoms with Crippen LogP contribution in [0.3, 0.4) is 0 Å². The van der Waals surface area contributed by atoms with Crippen molar-refractivity contribution >= 4 is 17.5 Å². The number of hydrogen-bond donors (Lipinski definition) is 1. The molecule has 4 rings (SSSR count). The zero-order chi connectivity index (χ0) is 19.2. The van der Waals surface area contributed by atoms with Gasteiger partial charge in [-0.2, -0.15) is 5.10 Å². The molecule has 146 valence electrons. The van der Waals surface area contributed by atoms with Crippen LogP contribution in [0.4, 0.5) is 0 Å². The normalized spacial score (nSPS) is 17.0. The van der Waals surface area contributed by atoms with Gasteiger partial charge in [0.2, 0.25) is 0 Å². The molecule has 2 aliphatic carbocycles. The first-order valence-corrected chi connectivity index (χ1v) is 10.4. The highest BCUT2D eigenvalue weighted by atomic mass is 35.5. The largest absolute Gasteiger partial charge is 0.366 e. The number of halogens is 1. The highest BCUT2D eigenvalue weighted by Gasteiger charge is 2.19. The first kappa shape index (κ1) is 19.9. The monoisotopic (exact) mass is 388 g/mol. The number of nitrogens with two attached hydrogens (primary N) is 1. The topological polar surface area (TPSA) is 73.8 Å². The second-order valence-electron chi connectivity index (χ2n) is 7.66. The van der Waals surface area contributed by atoms with E-state index in [1.807, 2.05) is 0 Å². The summed E-state index contributed by atoms with van der Waals surface area (Å²) in [6.45, 7) is 2.89. The number of aryl methyl sites for hydroxylation is 2. The molecule has 2 N–H and O–H groups in total. The molecule has 1 amide bonds. The molecule has 5 nitrogen and oxygen atoms in total. The van der Waals surface area contributed by atoms with Gasteiger partial charge < -0.3 is 5.73 Å². The zero-order valence-electron chi connectivity index (χ0n) is 16.1. The van der Waals surface area contributed by atoms with Crippen molar-refractivity contribution in [1.82, 2.24) is 14.8 Å². The van der Waals surface area contributed by atoms with Gasteiger partial charge in [-0.25, -0.2) is 0 Å². The maximum Gasteiger partial charge on any atom is 0.250 e. The molecule has 1 saturated carbocycles. The number of fused-ring (bicyclic) bond motifs is 1. The lowest BCUT2D eigenvalue weighted by Crippen LogP contribution is -2.18. The van der Waals surface area contributed by atoms with Crippen LogP contribution in [0.2, 0.25) is 5.02 Å². The van der Waals surface area contributed by atoms with Crippen LogP contribution in [-0.2, 0) is 19.4 Å². The molecule has 0 aliphatic heterocycles. The van der Waals surface area contributed by atoms with E-state index in [4.69, 9.17) is 17.3 Å². The molecule has 6 heteroatoms. The Bertz CT molecular complexity index is 780. The minimum absolute atomic E-state index is 0.373. The van der Waals surface area contributed by atoms with Gasteiger partial charge in [0.1, 0.15) is 0 Å². The summed E-state index contributed by atoms with van der Waals surface area (Å²) < 4.78 is 2.32. The van der Waals surface area contributed by atoms with Gasteiger partial charge in [-0.15, -0.1) is 0 Å². The van der Waals surface area contributed by atoms with Gasteiger partial charge in [0, 0.05) is 18.4 Å². The molecule has 27 heavy (non-hydrogen) atoms. The van der Waals surface area contributed by atoms with Crippen molar-refractivity contribution < 1.29 is 4.79 Å².